The van der Waals surface area contributed by atoms with Gasteiger partial charge in [-0.1, -0.05) is 34.8 Å². The number of rotatable bonds is 0. The Bertz CT molecular complexity index is 56.5. The van der Waals surface area contributed by atoms with Crippen LogP contribution >= 0.6 is 34.8 Å². The van der Waals surface area contributed by atoms with E-state index in [4.69, 9.17) is 49.8 Å². The van der Waals surface area contributed by atoms with Crippen molar-refractivity contribution in [2.24, 2.45) is 0 Å². The molecule has 0 aromatic carbocycles. The summed E-state index contributed by atoms with van der Waals surface area (Å²) in [4.78, 5) is 8.36. The summed E-state index contributed by atoms with van der Waals surface area (Å²) in [7, 11) is 0. The summed E-state index contributed by atoms with van der Waals surface area (Å²) in [6.45, 7) is 3.19. The van der Waals surface area contributed by atoms with Crippen LogP contribution in [0, 0.1) is 0 Å². The van der Waals surface area contributed by atoms with Gasteiger partial charge in [-0.25, -0.2) is 0 Å². The number of hydrogen-bond acceptors (Lipinski definition) is 2. The maximum absolute atomic E-state index is 8.36. The molecule has 6 heteroatoms. The molecule has 0 radical (unpaired) electrons. The van der Waals surface area contributed by atoms with Crippen LogP contribution < -0.4 is 0 Å². The van der Waals surface area contributed by atoms with Crippen molar-refractivity contribution in [1.29, 1.82) is 0 Å². The van der Waals surface area contributed by atoms with Crippen molar-refractivity contribution in [3.05, 3.63) is 0 Å². The zero-order chi connectivity index (χ0) is 9.86. The van der Waals surface area contributed by atoms with Crippen LogP contribution in [-0.4, -0.2) is 27.1 Å². The van der Waals surface area contributed by atoms with Gasteiger partial charge < -0.3 is 10.2 Å². The fourth-order valence-electron chi connectivity index (χ4n) is 0. The lowest BCUT2D eigenvalue weighted by Gasteiger charge is -1.80. The molecule has 0 fully saturated rings. The second-order valence-electron chi connectivity index (χ2n) is 1.45. The average Bonchev–Trinajstić information content (AvgIpc) is 1.60. The molecule has 0 bridgehead atoms. The first kappa shape index (κ1) is 17.4. The normalized spacial score (nSPS) is 7.64. The summed E-state index contributed by atoms with van der Waals surface area (Å²) < 4.78 is -0.750. The van der Waals surface area contributed by atoms with Gasteiger partial charge in [-0.2, -0.15) is 0 Å². The van der Waals surface area contributed by atoms with Gasteiger partial charge in [-0.3, -0.25) is 4.79 Å². The molecule has 0 aliphatic heterocycles. The van der Waals surface area contributed by atoms with Crippen LogP contribution in [0.1, 0.15) is 13.8 Å². The molecule has 0 heterocycles. The van der Waals surface area contributed by atoms with E-state index in [1.807, 2.05) is 0 Å². The fraction of sp³-hybridized carbons (Fsp3) is 0.800. The van der Waals surface area contributed by atoms with Crippen molar-refractivity contribution >= 4 is 41.3 Å². The summed E-state index contributed by atoms with van der Waals surface area (Å²) in [6, 6.07) is 0. The largest absolute Gasteiger partial charge is 0.483 e. The maximum Gasteiger partial charge on any atom is 0.290 e. The molecule has 0 aliphatic rings. The molecular weight excluding hydrogens is 214 g/mol. The predicted molar refractivity (Wildman–Crippen MR) is 47.4 cm³/mol. The lowest BCUT2D eigenvalue weighted by molar-refractivity contribution is -0.122. The van der Waals surface area contributed by atoms with Gasteiger partial charge in [0.2, 0.25) is 0 Å². The first-order valence-electron chi connectivity index (χ1n) is 2.56. The van der Waals surface area contributed by atoms with Crippen molar-refractivity contribution in [2.75, 3.05) is 0 Å². The Morgan fingerprint density at radius 1 is 1.27 bits per heavy atom. The quantitative estimate of drug-likeness (QED) is 0.490. The third-order valence-corrected chi connectivity index (χ3v) is 0. The number of hydrogen-bond donors (Lipinski definition) is 2. The molecule has 0 unspecified atom stereocenters. The highest BCUT2D eigenvalue weighted by Crippen LogP contribution is 2.03. The SMILES string of the molecule is CC(C)O.ClC(Cl)Cl.O=CO. The predicted octanol–water partition coefficient (Wildman–Crippen LogP) is 2.07. The minimum atomic E-state index is -0.750. The Balaban J connectivity index is -0.0000000886. The molecule has 2 N–H and O–H groups in total. The van der Waals surface area contributed by atoms with E-state index in [0.717, 1.165) is 0 Å². The first-order chi connectivity index (χ1) is 4.88. The molecule has 0 amide bonds. The van der Waals surface area contributed by atoms with E-state index in [0.29, 0.717) is 0 Å². The first-order valence-corrected chi connectivity index (χ1v) is 3.87. The van der Waals surface area contributed by atoms with E-state index in [1.165, 1.54) is 0 Å². The van der Waals surface area contributed by atoms with E-state index in [-0.39, 0.29) is 12.6 Å². The van der Waals surface area contributed by atoms with Gasteiger partial charge >= 0.3 is 0 Å². The average molecular weight is 225 g/mol. The number of carbonyl (C=O) groups is 1. The van der Waals surface area contributed by atoms with Gasteiger partial charge in [-0.05, 0) is 13.8 Å². The number of alkyl halides is 3. The molecule has 0 rings (SSSR count). The van der Waals surface area contributed by atoms with E-state index >= 15 is 0 Å². The summed E-state index contributed by atoms with van der Waals surface area (Å²) in [5, 5.41) is 14.9. The van der Waals surface area contributed by atoms with Crippen LogP contribution in [0.15, 0.2) is 0 Å². The number of halogens is 3. The molecule has 0 saturated carbocycles. The highest BCUT2D eigenvalue weighted by Gasteiger charge is 1.78. The molecule has 0 spiro atoms. The van der Waals surface area contributed by atoms with Gasteiger partial charge in [0.05, 0.1) is 0 Å². The number of aliphatic hydroxyl groups is 1. The Kier molecular flexibility index (Phi) is 26.4. The molecule has 70 valence electrons. The summed E-state index contributed by atoms with van der Waals surface area (Å²) in [5.41, 5.74) is 0. The monoisotopic (exact) mass is 224 g/mol. The van der Waals surface area contributed by atoms with E-state index in [1.54, 1.807) is 13.8 Å². The molecule has 0 aromatic rings. The van der Waals surface area contributed by atoms with Crippen LogP contribution in [-0.2, 0) is 4.79 Å². The molecule has 0 aliphatic carbocycles. The Morgan fingerprint density at radius 2 is 1.27 bits per heavy atom. The van der Waals surface area contributed by atoms with Gasteiger partial charge in [0.1, 0.15) is 0 Å². The Morgan fingerprint density at radius 3 is 1.27 bits per heavy atom. The molecule has 0 saturated heterocycles. The van der Waals surface area contributed by atoms with E-state index in [9.17, 15) is 0 Å². The van der Waals surface area contributed by atoms with Crippen LogP contribution in [0.25, 0.3) is 0 Å². The molecule has 0 aromatic heterocycles. The zero-order valence-corrected chi connectivity index (χ0v) is 8.44. The Hall–Kier alpha value is 0.300. The van der Waals surface area contributed by atoms with E-state index < -0.39 is 4.30 Å². The van der Waals surface area contributed by atoms with Gasteiger partial charge in [-0.15, -0.1) is 0 Å². The van der Waals surface area contributed by atoms with Gasteiger partial charge in [0, 0.05) is 6.10 Å². The third kappa shape index (κ3) is 7880. The molecule has 11 heavy (non-hydrogen) atoms. The van der Waals surface area contributed by atoms with E-state index in [2.05, 4.69) is 0 Å². The highest BCUT2D eigenvalue weighted by molar-refractivity contribution is 6.63. The summed E-state index contributed by atoms with van der Waals surface area (Å²) in [5.74, 6) is 0. The second-order valence-corrected chi connectivity index (χ2v) is 3.43. The summed E-state index contributed by atoms with van der Waals surface area (Å²) >= 11 is 14.4. The lowest BCUT2D eigenvalue weighted by Crippen LogP contribution is -1.85. The van der Waals surface area contributed by atoms with Crippen molar-refractivity contribution in [1.82, 2.24) is 0 Å². The smallest absolute Gasteiger partial charge is 0.290 e. The van der Waals surface area contributed by atoms with Crippen LogP contribution in [0.3, 0.4) is 0 Å². The third-order valence-electron chi connectivity index (χ3n) is 0. The van der Waals surface area contributed by atoms with Crippen molar-refractivity contribution in [2.45, 2.75) is 24.2 Å². The molecule has 3 nitrogen and oxygen atoms in total. The maximum atomic E-state index is 8.36. The minimum Gasteiger partial charge on any atom is -0.483 e. The van der Waals surface area contributed by atoms with Crippen molar-refractivity contribution in [3.8, 4) is 0 Å². The van der Waals surface area contributed by atoms with Crippen LogP contribution in [0.2, 0.25) is 0 Å². The second kappa shape index (κ2) is 16.7. The van der Waals surface area contributed by atoms with Crippen LogP contribution in [0.4, 0.5) is 0 Å². The standard InChI is InChI=1S/C3H8O.CHCl3.CH2O2/c1-3(2)4;2-1(3)4;2-1-3/h3-4H,1-2H3;1H;1H,(H,2,3). The van der Waals surface area contributed by atoms with Crippen molar-refractivity contribution < 1.29 is 15.0 Å². The molecular formula is C5H11Cl3O3. The lowest BCUT2D eigenvalue weighted by atomic mass is 10.5. The fourth-order valence-corrected chi connectivity index (χ4v) is 0. The minimum absolute atomic E-state index is 0.167. The highest BCUT2D eigenvalue weighted by atomic mass is 35.6. The van der Waals surface area contributed by atoms with Crippen molar-refractivity contribution in [3.63, 3.8) is 0 Å². The number of aliphatic hydroxyl groups excluding tert-OH is 1. The number of carboxylic acid groups (broad SMARTS) is 1. The Labute approximate surface area is 80.9 Å². The zero-order valence-electron chi connectivity index (χ0n) is 6.17. The van der Waals surface area contributed by atoms with Gasteiger partial charge in [0.15, 0.2) is 4.30 Å². The molecule has 0 atom stereocenters. The summed E-state index contributed by atoms with van der Waals surface area (Å²) in [6.07, 6.45) is -0.167. The van der Waals surface area contributed by atoms with Crippen LogP contribution in [0.5, 0.6) is 0 Å². The topological polar surface area (TPSA) is 57.5 Å². The van der Waals surface area contributed by atoms with Gasteiger partial charge in [0.25, 0.3) is 6.47 Å².